The van der Waals surface area contributed by atoms with Crippen molar-refractivity contribution in [3.63, 3.8) is 0 Å². The Morgan fingerprint density at radius 2 is 1.78 bits per heavy atom. The first-order valence-electron chi connectivity index (χ1n) is 3.01. The van der Waals surface area contributed by atoms with Crippen molar-refractivity contribution in [1.29, 1.82) is 0 Å². The Kier molecular flexibility index (Phi) is 1.31. The van der Waals surface area contributed by atoms with E-state index in [4.69, 9.17) is 5.11 Å². The molecule has 1 heterocycles. The number of hydrogen-bond acceptors (Lipinski definition) is 3. The number of aliphatic hydroxyl groups is 1. The lowest BCUT2D eigenvalue weighted by Gasteiger charge is -2.16. The van der Waals surface area contributed by atoms with Gasteiger partial charge in [0.1, 0.15) is 0 Å². The molecule has 0 amide bonds. The van der Waals surface area contributed by atoms with E-state index >= 15 is 0 Å². The van der Waals surface area contributed by atoms with Crippen molar-refractivity contribution < 1.29 is 14.9 Å². The van der Waals surface area contributed by atoms with E-state index in [0.717, 1.165) is 0 Å². The van der Waals surface area contributed by atoms with Crippen LogP contribution in [0.5, 0.6) is 0 Å². The minimum Gasteiger partial charge on any atom is -0.340 e. The van der Waals surface area contributed by atoms with Gasteiger partial charge in [0.2, 0.25) is 0 Å². The first-order chi connectivity index (χ1) is 3.91. The normalized spacial score (nSPS) is 24.0. The molecule has 1 rings (SSSR count). The topological polar surface area (TPSA) is 45.3 Å². The van der Waals surface area contributed by atoms with Crippen molar-refractivity contribution in [3.8, 4) is 0 Å². The molecule has 0 saturated carbocycles. The van der Waals surface area contributed by atoms with Crippen LogP contribution in [0.25, 0.3) is 0 Å². The molecule has 0 unspecified atom stereocenters. The molecule has 0 aromatic rings. The fourth-order valence-corrected chi connectivity index (χ4v) is 0.777. The van der Waals surface area contributed by atoms with Gasteiger partial charge in [0, 0.05) is 6.42 Å². The summed E-state index contributed by atoms with van der Waals surface area (Å²) in [5, 5.41) is 9.02. The third-order valence-electron chi connectivity index (χ3n) is 1.03. The molecule has 0 spiro atoms. The van der Waals surface area contributed by atoms with E-state index in [2.05, 4.69) is 9.78 Å². The lowest BCUT2D eigenvalue weighted by Crippen LogP contribution is -2.19. The van der Waals surface area contributed by atoms with Gasteiger partial charge in [-0.2, -0.15) is 9.78 Å². The highest BCUT2D eigenvalue weighted by Crippen LogP contribution is 2.37. The molecule has 3 heteroatoms. The molecule has 0 radical (unpaired) electrons. The van der Waals surface area contributed by atoms with Crippen LogP contribution in [-0.4, -0.2) is 11.1 Å². The largest absolute Gasteiger partial charge is 0.340 e. The highest BCUT2D eigenvalue weighted by Gasteiger charge is 2.49. The summed E-state index contributed by atoms with van der Waals surface area (Å²) < 4.78 is 0. The Labute approximate surface area is 54.5 Å². The van der Waals surface area contributed by atoms with Crippen LogP contribution in [-0.2, 0) is 9.78 Å². The van der Waals surface area contributed by atoms with Crippen molar-refractivity contribution in [1.82, 2.24) is 0 Å². The maximum absolute atomic E-state index is 9.02. The van der Waals surface area contributed by atoms with E-state index in [1.807, 2.05) is 20.8 Å². The van der Waals surface area contributed by atoms with Crippen molar-refractivity contribution in [3.05, 3.63) is 0 Å². The summed E-state index contributed by atoms with van der Waals surface area (Å²) in [7, 11) is 0. The Morgan fingerprint density at radius 1 is 1.33 bits per heavy atom. The summed E-state index contributed by atoms with van der Waals surface area (Å²) in [5.41, 5.74) is 0.0469. The van der Waals surface area contributed by atoms with Gasteiger partial charge in [-0.05, 0) is 5.41 Å². The molecule has 0 bridgehead atoms. The van der Waals surface area contributed by atoms with E-state index in [1.54, 1.807) is 0 Å². The molecule has 1 fully saturated rings. The molecule has 1 N–H and O–H groups in total. The van der Waals surface area contributed by atoms with Gasteiger partial charge in [0.15, 0.2) is 0 Å². The molecule has 0 aromatic heterocycles. The summed E-state index contributed by atoms with van der Waals surface area (Å²) in [6.45, 7) is 6.03. The number of rotatable bonds is 1. The summed E-state index contributed by atoms with van der Waals surface area (Å²) in [6.07, 6.45) is 0.514. The molecule has 0 aliphatic carbocycles. The average Bonchev–Trinajstić information content (AvgIpc) is 2.12. The summed E-state index contributed by atoms with van der Waals surface area (Å²) in [5.74, 6) is -1.27. The van der Waals surface area contributed by atoms with Crippen LogP contribution in [0, 0.1) is 5.41 Å². The molecule has 3 nitrogen and oxygen atoms in total. The molecular weight excluding hydrogens is 120 g/mol. The standard InChI is InChI=1S/C6H12O3/c1-5(2,3)4-6(7)8-9-6/h7H,4H2,1-3H3. The van der Waals surface area contributed by atoms with Gasteiger partial charge in [-0.3, -0.25) is 0 Å². The van der Waals surface area contributed by atoms with Gasteiger partial charge < -0.3 is 5.11 Å². The smallest absolute Gasteiger partial charge is 0.338 e. The first kappa shape index (κ1) is 6.99. The fraction of sp³-hybridized carbons (Fsp3) is 1.00. The fourth-order valence-electron chi connectivity index (χ4n) is 0.777. The average molecular weight is 132 g/mol. The summed E-state index contributed by atoms with van der Waals surface area (Å²) in [4.78, 5) is 8.66. The minimum absolute atomic E-state index is 0.0469. The Morgan fingerprint density at radius 3 is 1.89 bits per heavy atom. The molecule has 1 saturated heterocycles. The Bertz CT molecular complexity index is 107. The second-order valence-electron chi connectivity index (χ2n) is 3.62. The van der Waals surface area contributed by atoms with Gasteiger partial charge in [-0.25, -0.2) is 0 Å². The van der Waals surface area contributed by atoms with Gasteiger partial charge in [-0.15, -0.1) is 0 Å². The van der Waals surface area contributed by atoms with E-state index in [1.165, 1.54) is 0 Å². The predicted molar refractivity (Wildman–Crippen MR) is 31.2 cm³/mol. The lowest BCUT2D eigenvalue weighted by atomic mass is 9.91. The highest BCUT2D eigenvalue weighted by atomic mass is 17.4. The molecular formula is C6H12O3. The second-order valence-corrected chi connectivity index (χ2v) is 3.62. The van der Waals surface area contributed by atoms with Crippen molar-refractivity contribution >= 4 is 0 Å². The minimum atomic E-state index is -1.27. The third-order valence-corrected chi connectivity index (χ3v) is 1.03. The monoisotopic (exact) mass is 132 g/mol. The second kappa shape index (κ2) is 1.68. The van der Waals surface area contributed by atoms with E-state index in [-0.39, 0.29) is 5.41 Å². The van der Waals surface area contributed by atoms with E-state index in [0.29, 0.717) is 6.42 Å². The highest BCUT2D eigenvalue weighted by molar-refractivity contribution is 4.70. The SMILES string of the molecule is CC(C)(C)CC1(O)OO1. The zero-order valence-electron chi connectivity index (χ0n) is 5.97. The van der Waals surface area contributed by atoms with Crippen LogP contribution in [0.1, 0.15) is 27.2 Å². The van der Waals surface area contributed by atoms with Gasteiger partial charge in [0.25, 0.3) is 0 Å². The molecule has 54 valence electrons. The summed E-state index contributed by atoms with van der Waals surface area (Å²) >= 11 is 0. The Hall–Kier alpha value is -0.120. The molecule has 1 aliphatic rings. The van der Waals surface area contributed by atoms with Crippen LogP contribution < -0.4 is 0 Å². The zero-order chi connectivity index (χ0) is 7.12. The third kappa shape index (κ3) is 2.30. The molecule has 9 heavy (non-hydrogen) atoms. The van der Waals surface area contributed by atoms with Gasteiger partial charge >= 0.3 is 5.97 Å². The molecule has 1 aliphatic heterocycles. The molecule has 0 aromatic carbocycles. The number of hydrogen-bond donors (Lipinski definition) is 1. The lowest BCUT2D eigenvalue weighted by molar-refractivity contribution is -0.00749. The van der Waals surface area contributed by atoms with Crippen molar-refractivity contribution in [2.45, 2.75) is 33.2 Å². The van der Waals surface area contributed by atoms with Crippen molar-refractivity contribution in [2.75, 3.05) is 0 Å². The van der Waals surface area contributed by atoms with E-state index < -0.39 is 5.97 Å². The maximum atomic E-state index is 9.02. The van der Waals surface area contributed by atoms with E-state index in [9.17, 15) is 0 Å². The van der Waals surface area contributed by atoms with Crippen LogP contribution in [0.2, 0.25) is 0 Å². The van der Waals surface area contributed by atoms with Crippen LogP contribution in [0.4, 0.5) is 0 Å². The Balaban J connectivity index is 2.33. The van der Waals surface area contributed by atoms with Gasteiger partial charge in [-0.1, -0.05) is 20.8 Å². The maximum Gasteiger partial charge on any atom is 0.338 e. The first-order valence-corrected chi connectivity index (χ1v) is 3.01. The van der Waals surface area contributed by atoms with Crippen LogP contribution in [0.15, 0.2) is 0 Å². The predicted octanol–water partition coefficient (Wildman–Crippen LogP) is 1.03. The van der Waals surface area contributed by atoms with Crippen molar-refractivity contribution in [2.24, 2.45) is 5.41 Å². The van der Waals surface area contributed by atoms with Crippen LogP contribution >= 0.6 is 0 Å². The molecule has 0 atom stereocenters. The quantitative estimate of drug-likeness (QED) is 0.428. The van der Waals surface area contributed by atoms with Crippen LogP contribution in [0.3, 0.4) is 0 Å². The zero-order valence-corrected chi connectivity index (χ0v) is 5.97. The van der Waals surface area contributed by atoms with Gasteiger partial charge in [0.05, 0.1) is 0 Å². The summed E-state index contributed by atoms with van der Waals surface area (Å²) in [6, 6.07) is 0.